The summed E-state index contributed by atoms with van der Waals surface area (Å²) < 4.78 is 5.97. The first-order chi connectivity index (χ1) is 7.81. The first kappa shape index (κ1) is 12.1. The van der Waals surface area contributed by atoms with Crippen LogP contribution in [0.2, 0.25) is 0 Å². The van der Waals surface area contributed by atoms with Gasteiger partial charge in [-0.1, -0.05) is 19.8 Å². The predicted molar refractivity (Wildman–Crippen MR) is 68.6 cm³/mol. The molecule has 1 saturated carbocycles. The van der Waals surface area contributed by atoms with Crippen LogP contribution in [-0.4, -0.2) is 12.6 Å². The SMILES string of the molecule is CCC(N)C(OCCC1CC1)c1ccsc1. The minimum atomic E-state index is 0.0926. The van der Waals surface area contributed by atoms with Gasteiger partial charge in [-0.3, -0.25) is 0 Å². The van der Waals surface area contributed by atoms with Gasteiger partial charge < -0.3 is 10.5 Å². The first-order valence-corrected chi connectivity index (χ1v) is 7.14. The van der Waals surface area contributed by atoms with Crippen molar-refractivity contribution in [2.75, 3.05) is 6.61 Å². The van der Waals surface area contributed by atoms with Gasteiger partial charge in [0.25, 0.3) is 0 Å². The smallest absolute Gasteiger partial charge is 0.0983 e. The monoisotopic (exact) mass is 239 g/mol. The number of ether oxygens (including phenoxy) is 1. The van der Waals surface area contributed by atoms with E-state index in [0.717, 1.165) is 18.9 Å². The molecule has 0 spiro atoms. The number of hydrogen-bond donors (Lipinski definition) is 1. The van der Waals surface area contributed by atoms with E-state index < -0.39 is 0 Å². The molecule has 0 aliphatic heterocycles. The van der Waals surface area contributed by atoms with Gasteiger partial charge in [-0.25, -0.2) is 0 Å². The lowest BCUT2D eigenvalue weighted by Crippen LogP contribution is -2.29. The van der Waals surface area contributed by atoms with Crippen LogP contribution in [-0.2, 0) is 4.74 Å². The second-order valence-electron chi connectivity index (χ2n) is 4.65. The average molecular weight is 239 g/mol. The van der Waals surface area contributed by atoms with Crippen molar-refractivity contribution in [1.29, 1.82) is 0 Å². The van der Waals surface area contributed by atoms with E-state index in [1.807, 2.05) is 0 Å². The Kier molecular flexibility index (Phi) is 4.38. The van der Waals surface area contributed by atoms with Crippen molar-refractivity contribution in [2.24, 2.45) is 11.7 Å². The van der Waals surface area contributed by atoms with Gasteiger partial charge in [-0.05, 0) is 41.1 Å². The van der Waals surface area contributed by atoms with Crippen LogP contribution in [0.5, 0.6) is 0 Å². The third-order valence-corrected chi connectivity index (χ3v) is 3.95. The minimum absolute atomic E-state index is 0.0926. The molecule has 3 heteroatoms. The highest BCUT2D eigenvalue weighted by atomic mass is 32.1. The Balaban J connectivity index is 1.86. The second-order valence-corrected chi connectivity index (χ2v) is 5.43. The average Bonchev–Trinajstić information content (AvgIpc) is 2.97. The Morgan fingerprint density at radius 2 is 2.38 bits per heavy atom. The Bertz CT molecular complexity index is 295. The van der Waals surface area contributed by atoms with Gasteiger partial charge in [0.1, 0.15) is 0 Å². The lowest BCUT2D eigenvalue weighted by Gasteiger charge is -2.22. The van der Waals surface area contributed by atoms with Crippen molar-refractivity contribution in [3.63, 3.8) is 0 Å². The third-order valence-electron chi connectivity index (χ3n) is 3.25. The van der Waals surface area contributed by atoms with Crippen LogP contribution >= 0.6 is 11.3 Å². The summed E-state index contributed by atoms with van der Waals surface area (Å²) in [5.41, 5.74) is 7.37. The van der Waals surface area contributed by atoms with E-state index in [1.54, 1.807) is 11.3 Å². The van der Waals surface area contributed by atoms with E-state index in [-0.39, 0.29) is 12.1 Å². The molecule has 2 rings (SSSR count). The second kappa shape index (κ2) is 5.80. The maximum absolute atomic E-state index is 6.12. The fraction of sp³-hybridized carbons (Fsp3) is 0.692. The lowest BCUT2D eigenvalue weighted by atomic mass is 10.0. The molecule has 0 aromatic carbocycles. The fourth-order valence-electron chi connectivity index (χ4n) is 1.89. The van der Waals surface area contributed by atoms with Gasteiger partial charge in [0.05, 0.1) is 6.10 Å². The molecule has 0 radical (unpaired) electrons. The van der Waals surface area contributed by atoms with Crippen LogP contribution < -0.4 is 5.73 Å². The molecule has 0 saturated heterocycles. The molecule has 2 nitrogen and oxygen atoms in total. The maximum atomic E-state index is 6.12. The summed E-state index contributed by atoms with van der Waals surface area (Å²) in [5, 5.41) is 4.24. The molecule has 2 N–H and O–H groups in total. The summed E-state index contributed by atoms with van der Waals surface area (Å²) in [4.78, 5) is 0. The Morgan fingerprint density at radius 1 is 1.56 bits per heavy atom. The molecule has 1 aliphatic rings. The summed E-state index contributed by atoms with van der Waals surface area (Å²) in [6.45, 7) is 2.98. The molecule has 2 atom stereocenters. The van der Waals surface area contributed by atoms with Crippen molar-refractivity contribution >= 4 is 11.3 Å². The molecular formula is C13H21NOS. The van der Waals surface area contributed by atoms with Crippen LogP contribution in [0.1, 0.15) is 44.3 Å². The van der Waals surface area contributed by atoms with E-state index in [1.165, 1.54) is 24.8 Å². The Morgan fingerprint density at radius 3 is 2.94 bits per heavy atom. The van der Waals surface area contributed by atoms with E-state index in [9.17, 15) is 0 Å². The standard InChI is InChI=1S/C13H21NOS/c1-2-12(14)13(11-6-8-16-9-11)15-7-5-10-3-4-10/h6,8-10,12-13H,2-5,7,14H2,1H3. The largest absolute Gasteiger partial charge is 0.372 e. The molecule has 1 fully saturated rings. The quantitative estimate of drug-likeness (QED) is 0.792. The molecule has 2 unspecified atom stereocenters. The molecule has 90 valence electrons. The van der Waals surface area contributed by atoms with E-state index in [4.69, 9.17) is 10.5 Å². The van der Waals surface area contributed by atoms with Gasteiger partial charge in [-0.2, -0.15) is 11.3 Å². The number of nitrogens with two attached hydrogens (primary N) is 1. The summed E-state index contributed by atoms with van der Waals surface area (Å²) in [6, 6.07) is 2.25. The number of thiophene rings is 1. The summed E-state index contributed by atoms with van der Waals surface area (Å²) in [5.74, 6) is 0.931. The van der Waals surface area contributed by atoms with Gasteiger partial charge in [-0.15, -0.1) is 0 Å². The van der Waals surface area contributed by atoms with Crippen LogP contribution in [0.25, 0.3) is 0 Å². The van der Waals surface area contributed by atoms with Crippen molar-refractivity contribution in [3.05, 3.63) is 22.4 Å². The third kappa shape index (κ3) is 3.30. The van der Waals surface area contributed by atoms with E-state index in [0.29, 0.717) is 0 Å². The van der Waals surface area contributed by atoms with Crippen LogP contribution in [0, 0.1) is 5.92 Å². The first-order valence-electron chi connectivity index (χ1n) is 6.20. The Hall–Kier alpha value is -0.380. The van der Waals surface area contributed by atoms with Crippen molar-refractivity contribution in [2.45, 2.75) is 44.8 Å². The molecule has 16 heavy (non-hydrogen) atoms. The summed E-state index contributed by atoms with van der Waals surface area (Å²) >= 11 is 1.71. The molecular weight excluding hydrogens is 218 g/mol. The van der Waals surface area contributed by atoms with Crippen molar-refractivity contribution in [1.82, 2.24) is 0 Å². The molecule has 1 aliphatic carbocycles. The normalized spacial score (nSPS) is 19.6. The van der Waals surface area contributed by atoms with Crippen molar-refractivity contribution < 1.29 is 4.74 Å². The van der Waals surface area contributed by atoms with E-state index in [2.05, 4.69) is 23.8 Å². The zero-order valence-electron chi connectivity index (χ0n) is 9.89. The zero-order valence-corrected chi connectivity index (χ0v) is 10.7. The molecule has 0 bridgehead atoms. The van der Waals surface area contributed by atoms with Crippen LogP contribution in [0.15, 0.2) is 16.8 Å². The predicted octanol–water partition coefficient (Wildman–Crippen LogP) is 3.34. The molecule has 1 heterocycles. The minimum Gasteiger partial charge on any atom is -0.372 e. The zero-order chi connectivity index (χ0) is 11.4. The molecule has 1 aromatic rings. The highest BCUT2D eigenvalue weighted by Crippen LogP contribution is 2.33. The highest BCUT2D eigenvalue weighted by molar-refractivity contribution is 7.07. The van der Waals surface area contributed by atoms with Crippen molar-refractivity contribution in [3.8, 4) is 0 Å². The van der Waals surface area contributed by atoms with Gasteiger partial charge in [0.2, 0.25) is 0 Å². The maximum Gasteiger partial charge on any atom is 0.0983 e. The van der Waals surface area contributed by atoms with Gasteiger partial charge in [0.15, 0.2) is 0 Å². The molecule has 0 amide bonds. The number of rotatable bonds is 7. The fourth-order valence-corrected chi connectivity index (χ4v) is 2.57. The Labute approximate surface area is 102 Å². The number of hydrogen-bond acceptors (Lipinski definition) is 3. The lowest BCUT2D eigenvalue weighted by molar-refractivity contribution is 0.0302. The summed E-state index contributed by atoms with van der Waals surface area (Å²) in [7, 11) is 0. The topological polar surface area (TPSA) is 35.2 Å². The highest BCUT2D eigenvalue weighted by Gasteiger charge is 2.23. The van der Waals surface area contributed by atoms with Gasteiger partial charge in [0, 0.05) is 12.6 Å². The molecule has 1 aromatic heterocycles. The van der Waals surface area contributed by atoms with Gasteiger partial charge >= 0.3 is 0 Å². The van der Waals surface area contributed by atoms with Crippen LogP contribution in [0.4, 0.5) is 0 Å². The van der Waals surface area contributed by atoms with E-state index >= 15 is 0 Å². The summed E-state index contributed by atoms with van der Waals surface area (Å²) in [6.07, 6.45) is 5.05. The van der Waals surface area contributed by atoms with Crippen LogP contribution in [0.3, 0.4) is 0 Å².